The minimum Gasteiger partial charge on any atom is -0.497 e. The highest BCUT2D eigenvalue weighted by Crippen LogP contribution is 2.29. The number of ether oxygens (including phenoxy) is 2. The molecular formula is C16H27NO2. The second-order valence-corrected chi connectivity index (χ2v) is 4.89. The number of nitrogens with one attached hydrogen (secondary N) is 1. The van der Waals surface area contributed by atoms with Crippen molar-refractivity contribution >= 4 is 0 Å². The van der Waals surface area contributed by atoms with Gasteiger partial charge in [-0.25, -0.2) is 0 Å². The molecule has 0 fully saturated rings. The minimum absolute atomic E-state index is 0.275. The van der Waals surface area contributed by atoms with Crippen LogP contribution in [-0.4, -0.2) is 20.3 Å². The van der Waals surface area contributed by atoms with Gasteiger partial charge in [-0.15, -0.1) is 0 Å². The van der Waals surface area contributed by atoms with Gasteiger partial charge in [0.1, 0.15) is 11.5 Å². The highest BCUT2D eigenvalue weighted by atomic mass is 16.5. The first-order valence-corrected chi connectivity index (χ1v) is 7.14. The molecule has 0 heterocycles. The molecule has 0 saturated heterocycles. The van der Waals surface area contributed by atoms with Crippen LogP contribution in [0, 0.1) is 0 Å². The molecule has 0 aliphatic heterocycles. The van der Waals surface area contributed by atoms with Crippen molar-refractivity contribution in [3.8, 4) is 11.5 Å². The van der Waals surface area contributed by atoms with Crippen molar-refractivity contribution in [3.05, 3.63) is 23.8 Å². The van der Waals surface area contributed by atoms with E-state index in [1.54, 1.807) is 14.2 Å². The molecule has 2 atom stereocenters. The monoisotopic (exact) mass is 265 g/mol. The maximum Gasteiger partial charge on any atom is 0.127 e. The van der Waals surface area contributed by atoms with Gasteiger partial charge in [0.15, 0.2) is 0 Å². The Morgan fingerprint density at radius 1 is 1.16 bits per heavy atom. The van der Waals surface area contributed by atoms with Gasteiger partial charge in [0.2, 0.25) is 0 Å². The summed E-state index contributed by atoms with van der Waals surface area (Å²) in [5.74, 6) is 1.71. The lowest BCUT2D eigenvalue weighted by molar-refractivity contribution is 0.374. The third kappa shape index (κ3) is 4.43. The Labute approximate surface area is 117 Å². The van der Waals surface area contributed by atoms with Crippen molar-refractivity contribution in [2.75, 3.05) is 14.2 Å². The SMILES string of the molecule is CCCC(CC)NC(C)c1ccc(OC)cc1OC. The fourth-order valence-electron chi connectivity index (χ4n) is 2.37. The fraction of sp³-hybridized carbons (Fsp3) is 0.625. The van der Waals surface area contributed by atoms with E-state index in [0.717, 1.165) is 17.9 Å². The van der Waals surface area contributed by atoms with E-state index in [1.165, 1.54) is 18.4 Å². The summed E-state index contributed by atoms with van der Waals surface area (Å²) in [6.07, 6.45) is 3.56. The molecule has 3 nitrogen and oxygen atoms in total. The van der Waals surface area contributed by atoms with Crippen LogP contribution >= 0.6 is 0 Å². The third-order valence-corrected chi connectivity index (χ3v) is 3.52. The van der Waals surface area contributed by atoms with E-state index >= 15 is 0 Å². The first-order valence-electron chi connectivity index (χ1n) is 7.14. The smallest absolute Gasteiger partial charge is 0.127 e. The van der Waals surface area contributed by atoms with E-state index in [0.29, 0.717) is 6.04 Å². The minimum atomic E-state index is 0.275. The average molecular weight is 265 g/mol. The summed E-state index contributed by atoms with van der Waals surface area (Å²) < 4.78 is 10.7. The van der Waals surface area contributed by atoms with Crippen molar-refractivity contribution in [2.45, 2.75) is 52.1 Å². The third-order valence-electron chi connectivity index (χ3n) is 3.52. The highest BCUT2D eigenvalue weighted by Gasteiger charge is 2.15. The second kappa shape index (κ2) is 8.05. The number of benzene rings is 1. The molecule has 1 aromatic rings. The van der Waals surface area contributed by atoms with Crippen molar-refractivity contribution in [2.24, 2.45) is 0 Å². The van der Waals surface area contributed by atoms with Gasteiger partial charge in [0.25, 0.3) is 0 Å². The summed E-state index contributed by atoms with van der Waals surface area (Å²) >= 11 is 0. The summed E-state index contributed by atoms with van der Waals surface area (Å²) in [4.78, 5) is 0. The Morgan fingerprint density at radius 3 is 2.42 bits per heavy atom. The van der Waals surface area contributed by atoms with Gasteiger partial charge in [0, 0.05) is 23.7 Å². The summed E-state index contributed by atoms with van der Waals surface area (Å²) in [5.41, 5.74) is 1.18. The Bertz CT molecular complexity index is 379. The van der Waals surface area contributed by atoms with E-state index in [-0.39, 0.29) is 6.04 Å². The summed E-state index contributed by atoms with van der Waals surface area (Å²) in [7, 11) is 3.37. The van der Waals surface area contributed by atoms with Crippen LogP contribution in [0.4, 0.5) is 0 Å². The van der Waals surface area contributed by atoms with Gasteiger partial charge in [-0.3, -0.25) is 0 Å². The topological polar surface area (TPSA) is 30.5 Å². The largest absolute Gasteiger partial charge is 0.497 e. The van der Waals surface area contributed by atoms with Crippen LogP contribution in [0.25, 0.3) is 0 Å². The molecular weight excluding hydrogens is 238 g/mol. The molecule has 1 rings (SSSR count). The zero-order chi connectivity index (χ0) is 14.3. The standard InChI is InChI=1S/C16H27NO2/c1-6-8-13(7-2)17-12(3)15-10-9-14(18-4)11-16(15)19-5/h9-13,17H,6-8H2,1-5H3. The molecule has 0 aliphatic rings. The first-order chi connectivity index (χ1) is 9.15. The molecule has 0 saturated carbocycles. The van der Waals surface area contributed by atoms with Crippen LogP contribution in [-0.2, 0) is 0 Å². The molecule has 1 N–H and O–H groups in total. The molecule has 108 valence electrons. The normalized spacial score (nSPS) is 13.9. The van der Waals surface area contributed by atoms with E-state index in [9.17, 15) is 0 Å². The van der Waals surface area contributed by atoms with Crippen molar-refractivity contribution in [3.63, 3.8) is 0 Å². The molecule has 0 amide bonds. The van der Waals surface area contributed by atoms with Crippen LogP contribution in [0.15, 0.2) is 18.2 Å². The van der Waals surface area contributed by atoms with Gasteiger partial charge < -0.3 is 14.8 Å². The maximum atomic E-state index is 5.46. The van der Waals surface area contributed by atoms with Gasteiger partial charge >= 0.3 is 0 Å². The molecule has 0 radical (unpaired) electrons. The van der Waals surface area contributed by atoms with Gasteiger partial charge in [-0.05, 0) is 25.8 Å². The molecule has 1 aromatic carbocycles. The lowest BCUT2D eigenvalue weighted by Crippen LogP contribution is -2.31. The van der Waals surface area contributed by atoms with Crippen LogP contribution in [0.3, 0.4) is 0 Å². The Balaban J connectivity index is 2.83. The predicted molar refractivity (Wildman–Crippen MR) is 80.1 cm³/mol. The molecule has 0 bridgehead atoms. The van der Waals surface area contributed by atoms with E-state index in [2.05, 4.69) is 32.2 Å². The zero-order valence-electron chi connectivity index (χ0n) is 12.8. The van der Waals surface area contributed by atoms with E-state index < -0.39 is 0 Å². The molecule has 0 spiro atoms. The number of hydrogen-bond acceptors (Lipinski definition) is 3. The van der Waals surface area contributed by atoms with Crippen LogP contribution in [0.2, 0.25) is 0 Å². The predicted octanol–water partition coefficient (Wildman–Crippen LogP) is 3.93. The summed E-state index contributed by atoms with van der Waals surface area (Å²) in [6.45, 7) is 6.64. The van der Waals surface area contributed by atoms with Crippen LogP contribution in [0.5, 0.6) is 11.5 Å². The van der Waals surface area contributed by atoms with Crippen LogP contribution < -0.4 is 14.8 Å². The molecule has 2 unspecified atom stereocenters. The van der Waals surface area contributed by atoms with Crippen molar-refractivity contribution in [1.82, 2.24) is 5.32 Å². The average Bonchev–Trinajstić information content (AvgIpc) is 2.45. The van der Waals surface area contributed by atoms with E-state index in [1.807, 2.05) is 12.1 Å². The number of methoxy groups -OCH3 is 2. The Morgan fingerprint density at radius 2 is 1.89 bits per heavy atom. The molecule has 0 aromatic heterocycles. The van der Waals surface area contributed by atoms with Gasteiger partial charge in [0.05, 0.1) is 14.2 Å². The quantitative estimate of drug-likeness (QED) is 0.772. The number of rotatable bonds is 8. The molecule has 0 aliphatic carbocycles. The summed E-state index contributed by atoms with van der Waals surface area (Å²) in [6, 6.07) is 6.84. The molecule has 19 heavy (non-hydrogen) atoms. The molecule has 3 heteroatoms. The zero-order valence-corrected chi connectivity index (χ0v) is 12.8. The van der Waals surface area contributed by atoms with Crippen molar-refractivity contribution < 1.29 is 9.47 Å². The summed E-state index contributed by atoms with van der Waals surface area (Å²) in [5, 5.41) is 3.68. The van der Waals surface area contributed by atoms with E-state index in [4.69, 9.17) is 9.47 Å². The van der Waals surface area contributed by atoms with Crippen molar-refractivity contribution in [1.29, 1.82) is 0 Å². The van der Waals surface area contributed by atoms with Crippen LogP contribution in [0.1, 0.15) is 51.6 Å². The number of hydrogen-bond donors (Lipinski definition) is 1. The lowest BCUT2D eigenvalue weighted by atomic mass is 10.0. The first kappa shape index (κ1) is 15.8. The fourth-order valence-corrected chi connectivity index (χ4v) is 2.37. The van der Waals surface area contributed by atoms with Gasteiger partial charge in [-0.2, -0.15) is 0 Å². The second-order valence-electron chi connectivity index (χ2n) is 4.89. The Hall–Kier alpha value is -1.22. The maximum absolute atomic E-state index is 5.46. The van der Waals surface area contributed by atoms with Gasteiger partial charge in [-0.1, -0.05) is 26.3 Å². The lowest BCUT2D eigenvalue weighted by Gasteiger charge is -2.23. The Kier molecular flexibility index (Phi) is 6.71. The highest BCUT2D eigenvalue weighted by molar-refractivity contribution is 5.42.